The molecule has 0 aliphatic heterocycles. The van der Waals surface area contributed by atoms with Gasteiger partial charge in [0.15, 0.2) is 0 Å². The Balaban J connectivity index is 2.31. The fourth-order valence-electron chi connectivity index (χ4n) is 2.30. The summed E-state index contributed by atoms with van der Waals surface area (Å²) in [5.41, 5.74) is 2.44. The molecule has 0 amide bonds. The van der Waals surface area contributed by atoms with Crippen molar-refractivity contribution in [3.8, 4) is 0 Å². The molecule has 0 fully saturated rings. The molecule has 0 spiro atoms. The number of aryl methyl sites for hydroxylation is 3. The smallest absolute Gasteiger partial charge is 0.334 e. The zero-order valence-electron chi connectivity index (χ0n) is 12.9. The highest BCUT2D eigenvalue weighted by Crippen LogP contribution is 2.33. The second-order valence-electron chi connectivity index (χ2n) is 5.38. The maximum absolute atomic E-state index is 11.3. The van der Waals surface area contributed by atoms with Crippen molar-refractivity contribution in [2.75, 3.05) is 5.32 Å². The van der Waals surface area contributed by atoms with E-state index in [2.05, 4.69) is 15.5 Å². The molecule has 2 heterocycles. The van der Waals surface area contributed by atoms with Crippen molar-refractivity contribution in [1.82, 2.24) is 19.6 Å². The van der Waals surface area contributed by atoms with E-state index in [9.17, 15) is 10.1 Å². The highest BCUT2D eigenvalue weighted by atomic mass is 16.6. The number of nitrogens with one attached hydrogen (secondary N) is 1. The summed E-state index contributed by atoms with van der Waals surface area (Å²) in [6, 6.07) is 0. The van der Waals surface area contributed by atoms with Crippen molar-refractivity contribution in [1.29, 1.82) is 0 Å². The number of nitrogens with zero attached hydrogens (tertiary/aromatic N) is 5. The summed E-state index contributed by atoms with van der Waals surface area (Å²) in [6.45, 7) is 6.17. The molecule has 0 saturated carbocycles. The SMILES string of the molecule is Cc1nn(C)cc1CNc1c([N+](=O)[O-])c(C(C)C)nn1C. The largest absolute Gasteiger partial charge is 0.360 e. The predicted molar refractivity (Wildman–Crippen MR) is 79.2 cm³/mol. The van der Waals surface area contributed by atoms with E-state index in [1.165, 1.54) is 4.68 Å². The van der Waals surface area contributed by atoms with Gasteiger partial charge < -0.3 is 5.32 Å². The van der Waals surface area contributed by atoms with Gasteiger partial charge in [0, 0.05) is 38.3 Å². The first-order chi connectivity index (χ1) is 9.81. The van der Waals surface area contributed by atoms with Gasteiger partial charge in [-0.3, -0.25) is 14.8 Å². The van der Waals surface area contributed by atoms with E-state index in [1.54, 1.807) is 11.7 Å². The maximum atomic E-state index is 11.3. The molecule has 0 atom stereocenters. The van der Waals surface area contributed by atoms with Crippen LogP contribution in [0.3, 0.4) is 0 Å². The van der Waals surface area contributed by atoms with Crippen molar-refractivity contribution in [3.05, 3.63) is 33.3 Å². The van der Waals surface area contributed by atoms with Crippen LogP contribution >= 0.6 is 0 Å². The summed E-state index contributed by atoms with van der Waals surface area (Å²) in [6.07, 6.45) is 1.90. The van der Waals surface area contributed by atoms with Gasteiger partial charge in [-0.15, -0.1) is 0 Å². The maximum Gasteiger partial charge on any atom is 0.334 e. The molecule has 0 saturated heterocycles. The van der Waals surface area contributed by atoms with Crippen LogP contribution in [0.1, 0.15) is 36.7 Å². The van der Waals surface area contributed by atoms with Crippen molar-refractivity contribution < 1.29 is 4.92 Å². The van der Waals surface area contributed by atoms with Crippen LogP contribution in [0.4, 0.5) is 11.5 Å². The average Bonchev–Trinajstić information content (AvgIpc) is 2.87. The van der Waals surface area contributed by atoms with Crippen LogP contribution in [-0.2, 0) is 20.6 Å². The van der Waals surface area contributed by atoms with Gasteiger partial charge in [-0.2, -0.15) is 10.2 Å². The van der Waals surface area contributed by atoms with Gasteiger partial charge in [0.2, 0.25) is 5.82 Å². The van der Waals surface area contributed by atoms with E-state index in [-0.39, 0.29) is 16.5 Å². The van der Waals surface area contributed by atoms with Crippen LogP contribution in [0.25, 0.3) is 0 Å². The van der Waals surface area contributed by atoms with E-state index >= 15 is 0 Å². The molecule has 0 bridgehead atoms. The number of nitro groups is 1. The van der Waals surface area contributed by atoms with Crippen LogP contribution in [0.5, 0.6) is 0 Å². The van der Waals surface area contributed by atoms with Crippen LogP contribution < -0.4 is 5.32 Å². The lowest BCUT2D eigenvalue weighted by molar-refractivity contribution is -0.384. The molecule has 0 unspecified atom stereocenters. The quantitative estimate of drug-likeness (QED) is 0.673. The normalized spacial score (nSPS) is 11.1. The number of anilines is 1. The first kappa shape index (κ1) is 15.0. The molecule has 114 valence electrons. The molecule has 8 nitrogen and oxygen atoms in total. The lowest BCUT2D eigenvalue weighted by Gasteiger charge is -2.05. The lowest BCUT2D eigenvalue weighted by atomic mass is 10.1. The Kier molecular flexibility index (Phi) is 3.97. The van der Waals surface area contributed by atoms with E-state index in [0.717, 1.165) is 11.3 Å². The standard InChI is InChI=1S/C13H20N6O2/c1-8(2)11-12(19(20)21)13(18(5)16-11)14-6-10-7-17(4)15-9(10)3/h7-8,14H,6H2,1-5H3. The van der Waals surface area contributed by atoms with Crippen LogP contribution in [-0.4, -0.2) is 24.5 Å². The summed E-state index contributed by atoms with van der Waals surface area (Å²) in [7, 11) is 3.55. The van der Waals surface area contributed by atoms with Gasteiger partial charge in [0.05, 0.1) is 10.6 Å². The number of hydrogen-bond acceptors (Lipinski definition) is 5. The fraction of sp³-hybridized carbons (Fsp3) is 0.538. The monoisotopic (exact) mass is 292 g/mol. The van der Waals surface area contributed by atoms with Crippen LogP contribution in [0, 0.1) is 17.0 Å². The van der Waals surface area contributed by atoms with Crippen LogP contribution in [0.15, 0.2) is 6.20 Å². The van der Waals surface area contributed by atoms with E-state index in [1.807, 2.05) is 34.0 Å². The molecule has 2 rings (SSSR count). The number of rotatable bonds is 5. The summed E-state index contributed by atoms with van der Waals surface area (Å²) in [5.74, 6) is 0.416. The third-order valence-corrected chi connectivity index (χ3v) is 3.34. The zero-order chi connectivity index (χ0) is 15.7. The number of hydrogen-bond donors (Lipinski definition) is 1. The molecule has 0 aliphatic rings. The molecule has 8 heteroatoms. The molecule has 21 heavy (non-hydrogen) atoms. The molecule has 2 aromatic heterocycles. The predicted octanol–water partition coefficient (Wildman–Crippen LogP) is 2.11. The van der Waals surface area contributed by atoms with Crippen LogP contribution in [0.2, 0.25) is 0 Å². The third kappa shape index (κ3) is 2.88. The Hall–Kier alpha value is -2.38. The minimum Gasteiger partial charge on any atom is -0.360 e. The molecule has 0 aromatic carbocycles. The Morgan fingerprint density at radius 1 is 1.38 bits per heavy atom. The van der Waals surface area contributed by atoms with Gasteiger partial charge in [0.25, 0.3) is 0 Å². The molecule has 0 radical (unpaired) electrons. The second kappa shape index (κ2) is 5.55. The highest BCUT2D eigenvalue weighted by Gasteiger charge is 2.28. The van der Waals surface area contributed by atoms with E-state index in [4.69, 9.17) is 0 Å². The van der Waals surface area contributed by atoms with Gasteiger partial charge in [0.1, 0.15) is 5.69 Å². The van der Waals surface area contributed by atoms with Gasteiger partial charge in [-0.1, -0.05) is 13.8 Å². The molecular formula is C13H20N6O2. The molecular weight excluding hydrogens is 272 g/mol. The zero-order valence-corrected chi connectivity index (χ0v) is 12.9. The van der Waals surface area contributed by atoms with E-state index < -0.39 is 0 Å². The summed E-state index contributed by atoms with van der Waals surface area (Å²) < 4.78 is 3.25. The van der Waals surface area contributed by atoms with Gasteiger partial charge in [-0.05, 0) is 6.92 Å². The van der Waals surface area contributed by atoms with Crippen molar-refractivity contribution in [2.24, 2.45) is 14.1 Å². The van der Waals surface area contributed by atoms with Crippen molar-refractivity contribution >= 4 is 11.5 Å². The summed E-state index contributed by atoms with van der Waals surface area (Å²) >= 11 is 0. The summed E-state index contributed by atoms with van der Waals surface area (Å²) in [5, 5.41) is 23.0. The molecule has 1 N–H and O–H groups in total. The number of aromatic nitrogens is 4. The average molecular weight is 292 g/mol. The Bertz CT molecular complexity index is 670. The lowest BCUT2D eigenvalue weighted by Crippen LogP contribution is -2.06. The molecule has 0 aliphatic carbocycles. The van der Waals surface area contributed by atoms with E-state index in [0.29, 0.717) is 18.1 Å². The fourth-order valence-corrected chi connectivity index (χ4v) is 2.30. The van der Waals surface area contributed by atoms with Crippen molar-refractivity contribution in [2.45, 2.75) is 33.2 Å². The van der Waals surface area contributed by atoms with Gasteiger partial charge >= 0.3 is 5.69 Å². The third-order valence-electron chi connectivity index (χ3n) is 3.34. The Morgan fingerprint density at radius 3 is 2.52 bits per heavy atom. The first-order valence-corrected chi connectivity index (χ1v) is 6.75. The highest BCUT2D eigenvalue weighted by molar-refractivity contribution is 5.60. The summed E-state index contributed by atoms with van der Waals surface area (Å²) in [4.78, 5) is 11.0. The Morgan fingerprint density at radius 2 is 2.05 bits per heavy atom. The minimum atomic E-state index is -0.374. The Labute approximate surface area is 122 Å². The first-order valence-electron chi connectivity index (χ1n) is 6.75. The van der Waals surface area contributed by atoms with Gasteiger partial charge in [-0.25, -0.2) is 4.68 Å². The second-order valence-corrected chi connectivity index (χ2v) is 5.38. The topological polar surface area (TPSA) is 90.8 Å². The minimum absolute atomic E-state index is 0.00715. The van der Waals surface area contributed by atoms with Crippen molar-refractivity contribution in [3.63, 3.8) is 0 Å². The molecule has 2 aromatic rings.